The molecule has 1 aromatic heterocycles. The first kappa shape index (κ1) is 10.8. The van der Waals surface area contributed by atoms with Crippen molar-refractivity contribution in [2.24, 2.45) is 0 Å². The van der Waals surface area contributed by atoms with Gasteiger partial charge in [0.05, 0.1) is 5.52 Å². The average molecular weight is 294 g/mol. The fourth-order valence-corrected chi connectivity index (χ4v) is 2.59. The van der Waals surface area contributed by atoms with Gasteiger partial charge in [0, 0.05) is 22.9 Å². The van der Waals surface area contributed by atoms with Gasteiger partial charge in [0.1, 0.15) is 0 Å². The summed E-state index contributed by atoms with van der Waals surface area (Å²) in [5, 5.41) is 7.94. The van der Waals surface area contributed by atoms with E-state index in [1.165, 1.54) is 0 Å². The number of amides is 1. The Bertz CT molecular complexity index is 572. The van der Waals surface area contributed by atoms with Crippen molar-refractivity contribution in [1.29, 1.82) is 0 Å². The first-order chi connectivity index (χ1) is 8.25. The Morgan fingerprint density at radius 3 is 2.88 bits per heavy atom. The molecule has 0 aliphatic carbocycles. The molecule has 0 bridgehead atoms. The van der Waals surface area contributed by atoms with Crippen molar-refractivity contribution in [3.8, 4) is 0 Å². The highest BCUT2D eigenvalue weighted by atomic mass is 79.9. The van der Waals surface area contributed by atoms with Crippen LogP contribution in [0.4, 0.5) is 0 Å². The van der Waals surface area contributed by atoms with Gasteiger partial charge in [-0.1, -0.05) is 15.9 Å². The number of H-pyrrole nitrogens is 1. The Morgan fingerprint density at radius 2 is 2.12 bits per heavy atom. The SMILES string of the molecule is O=C(c1n[nH]c2cc(Br)ccc12)N1CCCC1. The molecule has 1 N–H and O–H groups in total. The molecule has 1 amide bonds. The second-order valence-electron chi connectivity index (χ2n) is 4.26. The normalized spacial score (nSPS) is 15.7. The van der Waals surface area contributed by atoms with Gasteiger partial charge in [0.2, 0.25) is 0 Å². The molecule has 1 aromatic carbocycles. The van der Waals surface area contributed by atoms with Crippen LogP contribution >= 0.6 is 15.9 Å². The molecular weight excluding hydrogens is 282 g/mol. The van der Waals surface area contributed by atoms with Crippen LogP contribution in [-0.2, 0) is 0 Å². The lowest BCUT2D eigenvalue weighted by atomic mass is 10.2. The predicted molar refractivity (Wildman–Crippen MR) is 68.9 cm³/mol. The Balaban J connectivity index is 2.02. The van der Waals surface area contributed by atoms with Crippen molar-refractivity contribution in [1.82, 2.24) is 15.1 Å². The molecular formula is C12H12BrN3O. The molecule has 5 heteroatoms. The Morgan fingerprint density at radius 1 is 1.35 bits per heavy atom. The molecule has 0 spiro atoms. The number of nitrogens with zero attached hydrogens (tertiary/aromatic N) is 2. The predicted octanol–water partition coefficient (Wildman–Crippen LogP) is 2.56. The number of rotatable bonds is 1. The van der Waals surface area contributed by atoms with E-state index in [9.17, 15) is 4.79 Å². The quantitative estimate of drug-likeness (QED) is 0.878. The first-order valence-corrected chi connectivity index (χ1v) is 6.48. The molecule has 1 aliphatic rings. The summed E-state index contributed by atoms with van der Waals surface area (Å²) < 4.78 is 0.980. The summed E-state index contributed by atoms with van der Waals surface area (Å²) in [7, 11) is 0. The van der Waals surface area contributed by atoms with Crippen molar-refractivity contribution < 1.29 is 4.79 Å². The van der Waals surface area contributed by atoms with Crippen molar-refractivity contribution in [3.63, 3.8) is 0 Å². The van der Waals surface area contributed by atoms with Gasteiger partial charge < -0.3 is 4.90 Å². The lowest BCUT2D eigenvalue weighted by Crippen LogP contribution is -2.28. The van der Waals surface area contributed by atoms with E-state index in [0.29, 0.717) is 5.69 Å². The molecule has 3 rings (SSSR count). The summed E-state index contributed by atoms with van der Waals surface area (Å²) in [6.45, 7) is 1.70. The molecule has 0 atom stereocenters. The van der Waals surface area contributed by atoms with Crippen LogP contribution in [0.5, 0.6) is 0 Å². The van der Waals surface area contributed by atoms with Gasteiger partial charge in [-0.25, -0.2) is 0 Å². The minimum atomic E-state index is 0.0380. The van der Waals surface area contributed by atoms with Gasteiger partial charge in [-0.05, 0) is 31.0 Å². The molecule has 1 aliphatic heterocycles. The van der Waals surface area contributed by atoms with Crippen LogP contribution in [0, 0.1) is 0 Å². The number of benzene rings is 1. The highest BCUT2D eigenvalue weighted by Gasteiger charge is 2.23. The summed E-state index contributed by atoms with van der Waals surface area (Å²) in [6, 6.07) is 5.79. The van der Waals surface area contributed by atoms with E-state index in [1.54, 1.807) is 0 Å². The van der Waals surface area contributed by atoms with E-state index in [-0.39, 0.29) is 5.91 Å². The van der Waals surface area contributed by atoms with Gasteiger partial charge in [-0.2, -0.15) is 5.10 Å². The zero-order chi connectivity index (χ0) is 11.8. The zero-order valence-corrected chi connectivity index (χ0v) is 10.8. The van der Waals surface area contributed by atoms with Crippen LogP contribution in [0.25, 0.3) is 10.9 Å². The number of aromatic amines is 1. The van der Waals surface area contributed by atoms with E-state index >= 15 is 0 Å². The van der Waals surface area contributed by atoms with Gasteiger partial charge in [-0.3, -0.25) is 9.89 Å². The van der Waals surface area contributed by atoms with Gasteiger partial charge >= 0.3 is 0 Å². The molecule has 1 saturated heterocycles. The van der Waals surface area contributed by atoms with E-state index < -0.39 is 0 Å². The maximum Gasteiger partial charge on any atom is 0.274 e. The molecule has 17 heavy (non-hydrogen) atoms. The maximum absolute atomic E-state index is 12.2. The standard InChI is InChI=1S/C12H12BrN3O/c13-8-3-4-9-10(7-8)14-15-11(9)12(17)16-5-1-2-6-16/h3-4,7H,1-2,5-6H2,(H,14,15). The molecule has 0 unspecified atom stereocenters. The molecule has 1 fully saturated rings. The number of hydrogen-bond acceptors (Lipinski definition) is 2. The van der Waals surface area contributed by atoms with Crippen LogP contribution in [0.3, 0.4) is 0 Å². The summed E-state index contributed by atoms with van der Waals surface area (Å²) in [6.07, 6.45) is 2.19. The molecule has 0 saturated carbocycles. The van der Waals surface area contributed by atoms with Crippen LogP contribution in [0.15, 0.2) is 22.7 Å². The van der Waals surface area contributed by atoms with Gasteiger partial charge in [0.15, 0.2) is 5.69 Å². The number of fused-ring (bicyclic) bond motifs is 1. The fraction of sp³-hybridized carbons (Fsp3) is 0.333. The summed E-state index contributed by atoms with van der Waals surface area (Å²) in [5.74, 6) is 0.0380. The number of nitrogens with one attached hydrogen (secondary N) is 1. The molecule has 88 valence electrons. The Hall–Kier alpha value is -1.36. The van der Waals surface area contributed by atoms with Crippen LogP contribution in [0.2, 0.25) is 0 Å². The highest BCUT2D eigenvalue weighted by Crippen LogP contribution is 2.22. The smallest absolute Gasteiger partial charge is 0.274 e. The first-order valence-electron chi connectivity index (χ1n) is 5.68. The van der Waals surface area contributed by atoms with Crippen LogP contribution in [-0.4, -0.2) is 34.1 Å². The highest BCUT2D eigenvalue weighted by molar-refractivity contribution is 9.10. The lowest BCUT2D eigenvalue weighted by Gasteiger charge is -2.13. The zero-order valence-electron chi connectivity index (χ0n) is 9.24. The minimum absolute atomic E-state index is 0.0380. The molecule has 2 heterocycles. The number of likely N-dealkylation sites (tertiary alicyclic amines) is 1. The van der Waals surface area contributed by atoms with Crippen molar-refractivity contribution in [3.05, 3.63) is 28.4 Å². The Kier molecular flexibility index (Phi) is 2.63. The van der Waals surface area contributed by atoms with Crippen molar-refractivity contribution in [2.75, 3.05) is 13.1 Å². The van der Waals surface area contributed by atoms with Crippen molar-refractivity contribution >= 4 is 32.7 Å². The topological polar surface area (TPSA) is 49.0 Å². The monoisotopic (exact) mass is 293 g/mol. The fourth-order valence-electron chi connectivity index (χ4n) is 2.22. The van der Waals surface area contributed by atoms with Gasteiger partial charge in [-0.15, -0.1) is 0 Å². The molecule has 2 aromatic rings. The summed E-state index contributed by atoms with van der Waals surface area (Å²) in [5.41, 5.74) is 1.43. The third-order valence-corrected chi connectivity index (χ3v) is 3.61. The van der Waals surface area contributed by atoms with E-state index in [4.69, 9.17) is 0 Å². The minimum Gasteiger partial charge on any atom is -0.337 e. The lowest BCUT2D eigenvalue weighted by molar-refractivity contribution is 0.0789. The number of carbonyl (C=O) groups excluding carboxylic acids is 1. The van der Waals surface area contributed by atoms with Crippen molar-refractivity contribution in [2.45, 2.75) is 12.8 Å². The van der Waals surface area contributed by atoms with Gasteiger partial charge in [0.25, 0.3) is 5.91 Å². The second-order valence-corrected chi connectivity index (χ2v) is 5.18. The number of halogens is 1. The summed E-state index contributed by atoms with van der Waals surface area (Å²) >= 11 is 3.40. The maximum atomic E-state index is 12.2. The van der Waals surface area contributed by atoms with E-state index in [1.807, 2.05) is 23.1 Å². The third-order valence-electron chi connectivity index (χ3n) is 3.12. The third kappa shape index (κ3) is 1.84. The molecule has 4 nitrogen and oxygen atoms in total. The molecule has 0 radical (unpaired) electrons. The van der Waals surface area contributed by atoms with E-state index in [0.717, 1.165) is 41.3 Å². The summed E-state index contributed by atoms with van der Waals surface area (Å²) in [4.78, 5) is 14.1. The van der Waals surface area contributed by atoms with Crippen LogP contribution < -0.4 is 0 Å². The Labute approximate surface area is 107 Å². The number of carbonyl (C=O) groups is 1. The number of hydrogen-bond donors (Lipinski definition) is 1. The van der Waals surface area contributed by atoms with E-state index in [2.05, 4.69) is 26.1 Å². The number of aromatic nitrogens is 2. The largest absolute Gasteiger partial charge is 0.337 e. The van der Waals surface area contributed by atoms with Crippen LogP contribution in [0.1, 0.15) is 23.3 Å². The average Bonchev–Trinajstić information content (AvgIpc) is 2.96. The second kappa shape index (κ2) is 4.14.